The van der Waals surface area contributed by atoms with Gasteiger partial charge in [-0.15, -0.1) is 0 Å². The quantitative estimate of drug-likeness (QED) is 0.621. The highest BCUT2D eigenvalue weighted by molar-refractivity contribution is 5.46. The van der Waals surface area contributed by atoms with Crippen LogP contribution in [-0.2, 0) is 13.0 Å². The van der Waals surface area contributed by atoms with Gasteiger partial charge in [-0.05, 0) is 17.7 Å². The minimum absolute atomic E-state index is 0.197. The molecule has 0 saturated heterocycles. The van der Waals surface area contributed by atoms with Crippen molar-refractivity contribution in [3.8, 4) is 17.6 Å². The van der Waals surface area contributed by atoms with E-state index in [1.807, 2.05) is 6.07 Å². The predicted molar refractivity (Wildman–Crippen MR) is 63.6 cm³/mol. The zero-order valence-corrected chi connectivity index (χ0v) is 10.2. The van der Waals surface area contributed by atoms with Crippen molar-refractivity contribution >= 4 is 0 Å². The van der Waals surface area contributed by atoms with Gasteiger partial charge >= 0.3 is 0 Å². The van der Waals surface area contributed by atoms with E-state index in [-0.39, 0.29) is 5.75 Å². The summed E-state index contributed by atoms with van der Waals surface area (Å²) in [6, 6.07) is 5.91. The number of hydrogen-bond acceptors (Lipinski definition) is 3. The molecular formula is C13H17N2O2+. The standard InChI is InChI=1S/C13H16N2O2/c1-15(6-4-14)5-3-10-7-12(16)13(17-2)8-11(10)9-15/h7-8H,3,5-6,9H2,1-2H3/p+1. The molecule has 1 aromatic carbocycles. The second kappa shape index (κ2) is 4.27. The lowest BCUT2D eigenvalue weighted by atomic mass is 9.97. The van der Waals surface area contributed by atoms with Gasteiger partial charge in [0.15, 0.2) is 18.0 Å². The zero-order chi connectivity index (χ0) is 12.5. The first-order valence-corrected chi connectivity index (χ1v) is 5.67. The van der Waals surface area contributed by atoms with Crippen LogP contribution in [0.4, 0.5) is 0 Å². The monoisotopic (exact) mass is 233 g/mol. The molecule has 1 atom stereocenters. The predicted octanol–water partition coefficient (Wildman–Crippen LogP) is 1.43. The van der Waals surface area contributed by atoms with Gasteiger partial charge in [0.05, 0.1) is 20.7 Å². The van der Waals surface area contributed by atoms with Gasteiger partial charge in [0.1, 0.15) is 12.6 Å². The average Bonchev–Trinajstić information content (AvgIpc) is 2.29. The summed E-state index contributed by atoms with van der Waals surface area (Å²) in [4.78, 5) is 0. The Balaban J connectivity index is 2.35. The van der Waals surface area contributed by atoms with Gasteiger partial charge in [0.25, 0.3) is 0 Å². The molecule has 0 bridgehead atoms. The topological polar surface area (TPSA) is 53.2 Å². The van der Waals surface area contributed by atoms with Gasteiger partial charge in [-0.2, -0.15) is 5.26 Å². The van der Waals surface area contributed by atoms with Crippen LogP contribution in [0.3, 0.4) is 0 Å². The van der Waals surface area contributed by atoms with E-state index in [0.29, 0.717) is 12.3 Å². The van der Waals surface area contributed by atoms with Crippen molar-refractivity contribution in [1.29, 1.82) is 5.26 Å². The van der Waals surface area contributed by atoms with Crippen LogP contribution in [0.2, 0.25) is 0 Å². The molecule has 1 N–H and O–H groups in total. The number of ether oxygens (including phenoxy) is 1. The number of rotatable bonds is 2. The van der Waals surface area contributed by atoms with Gasteiger partial charge in [0.2, 0.25) is 0 Å². The van der Waals surface area contributed by atoms with E-state index in [1.165, 1.54) is 5.56 Å². The second-order valence-corrected chi connectivity index (χ2v) is 4.86. The Bertz CT molecular complexity index is 479. The minimum atomic E-state index is 0.197. The first-order chi connectivity index (χ1) is 8.08. The normalized spacial score (nSPS) is 22.6. The molecule has 17 heavy (non-hydrogen) atoms. The lowest BCUT2D eigenvalue weighted by Crippen LogP contribution is -2.47. The summed E-state index contributed by atoms with van der Waals surface area (Å²) in [6.45, 7) is 2.27. The number of methoxy groups -OCH3 is 1. The number of nitrogens with zero attached hydrogens (tertiary/aromatic N) is 2. The van der Waals surface area contributed by atoms with E-state index in [1.54, 1.807) is 13.2 Å². The SMILES string of the molecule is COc1cc2c(cc1O)CC[N+](C)(CC#N)C2. The average molecular weight is 233 g/mol. The summed E-state index contributed by atoms with van der Waals surface area (Å²) in [6.07, 6.45) is 0.894. The molecule has 1 aromatic rings. The van der Waals surface area contributed by atoms with Crippen molar-refractivity contribution in [2.75, 3.05) is 27.2 Å². The number of phenolic OH excluding ortho intramolecular Hbond substituents is 1. The maximum absolute atomic E-state index is 9.72. The van der Waals surface area contributed by atoms with Crippen LogP contribution in [0.25, 0.3) is 0 Å². The van der Waals surface area contributed by atoms with Crippen LogP contribution in [-0.4, -0.2) is 36.8 Å². The van der Waals surface area contributed by atoms with Crippen LogP contribution in [0.1, 0.15) is 11.1 Å². The van der Waals surface area contributed by atoms with Gasteiger partial charge < -0.3 is 14.3 Å². The molecule has 0 amide bonds. The third-order valence-corrected chi connectivity index (χ3v) is 3.43. The highest BCUT2D eigenvalue weighted by atomic mass is 16.5. The molecule has 1 heterocycles. The molecule has 2 rings (SSSR count). The van der Waals surface area contributed by atoms with Crippen LogP contribution >= 0.6 is 0 Å². The molecule has 1 aliphatic rings. The van der Waals surface area contributed by atoms with E-state index in [4.69, 9.17) is 10.00 Å². The van der Waals surface area contributed by atoms with Crippen molar-refractivity contribution in [2.45, 2.75) is 13.0 Å². The van der Waals surface area contributed by atoms with Crippen LogP contribution < -0.4 is 4.74 Å². The Labute approximate surface area is 101 Å². The first kappa shape index (κ1) is 11.7. The first-order valence-electron chi connectivity index (χ1n) is 5.67. The largest absolute Gasteiger partial charge is 0.504 e. The molecule has 0 radical (unpaired) electrons. The van der Waals surface area contributed by atoms with Gasteiger partial charge in [-0.3, -0.25) is 0 Å². The molecule has 4 heteroatoms. The Morgan fingerprint density at radius 1 is 1.47 bits per heavy atom. The fraction of sp³-hybridized carbons (Fsp3) is 0.462. The van der Waals surface area contributed by atoms with Crippen molar-refractivity contribution < 1.29 is 14.3 Å². The number of benzene rings is 1. The summed E-state index contributed by atoms with van der Waals surface area (Å²) >= 11 is 0. The van der Waals surface area contributed by atoms with E-state index in [9.17, 15) is 5.11 Å². The summed E-state index contributed by atoms with van der Waals surface area (Å²) < 4.78 is 5.85. The lowest BCUT2D eigenvalue weighted by Gasteiger charge is -2.36. The maximum Gasteiger partial charge on any atom is 0.166 e. The Hall–Kier alpha value is -1.73. The van der Waals surface area contributed by atoms with Gasteiger partial charge in [-0.25, -0.2) is 0 Å². The van der Waals surface area contributed by atoms with E-state index < -0.39 is 0 Å². The zero-order valence-electron chi connectivity index (χ0n) is 10.2. The number of fused-ring (bicyclic) bond motifs is 1. The molecule has 0 spiro atoms. The van der Waals surface area contributed by atoms with Crippen LogP contribution in [0, 0.1) is 11.3 Å². The van der Waals surface area contributed by atoms with E-state index in [0.717, 1.165) is 29.6 Å². The molecule has 0 saturated carbocycles. The third kappa shape index (κ3) is 2.20. The highest BCUT2D eigenvalue weighted by Gasteiger charge is 2.29. The van der Waals surface area contributed by atoms with Crippen LogP contribution in [0.15, 0.2) is 12.1 Å². The van der Waals surface area contributed by atoms with Crippen molar-refractivity contribution in [3.63, 3.8) is 0 Å². The number of aromatic hydroxyl groups is 1. The second-order valence-electron chi connectivity index (χ2n) is 4.86. The molecule has 0 aliphatic carbocycles. The van der Waals surface area contributed by atoms with Gasteiger partial charge in [0, 0.05) is 12.0 Å². The lowest BCUT2D eigenvalue weighted by molar-refractivity contribution is -0.917. The number of likely N-dealkylation sites (N-methyl/N-ethyl adjacent to an activating group) is 1. The Morgan fingerprint density at radius 2 is 2.24 bits per heavy atom. The fourth-order valence-electron chi connectivity index (χ4n) is 2.38. The van der Waals surface area contributed by atoms with Crippen molar-refractivity contribution in [1.82, 2.24) is 0 Å². The molecule has 0 aromatic heterocycles. The number of phenols is 1. The van der Waals surface area contributed by atoms with Crippen molar-refractivity contribution in [2.24, 2.45) is 0 Å². The van der Waals surface area contributed by atoms with E-state index >= 15 is 0 Å². The number of quaternary nitrogens is 1. The smallest absolute Gasteiger partial charge is 0.166 e. The maximum atomic E-state index is 9.72. The summed E-state index contributed by atoms with van der Waals surface area (Å²) in [7, 11) is 3.64. The number of nitriles is 1. The molecule has 1 unspecified atom stereocenters. The molecule has 90 valence electrons. The molecule has 1 aliphatic heterocycles. The van der Waals surface area contributed by atoms with E-state index in [2.05, 4.69) is 13.1 Å². The van der Waals surface area contributed by atoms with Gasteiger partial charge in [-0.1, -0.05) is 0 Å². The fourth-order valence-corrected chi connectivity index (χ4v) is 2.38. The molecule has 4 nitrogen and oxygen atoms in total. The Morgan fingerprint density at radius 3 is 2.88 bits per heavy atom. The van der Waals surface area contributed by atoms with Crippen LogP contribution in [0.5, 0.6) is 11.5 Å². The molecule has 0 fully saturated rings. The Kier molecular flexibility index (Phi) is 2.95. The highest BCUT2D eigenvalue weighted by Crippen LogP contribution is 2.33. The minimum Gasteiger partial charge on any atom is -0.504 e. The number of hydrogen-bond donors (Lipinski definition) is 1. The third-order valence-electron chi connectivity index (χ3n) is 3.43. The molecular weight excluding hydrogens is 216 g/mol. The summed E-state index contributed by atoms with van der Waals surface area (Å²) in [5.41, 5.74) is 2.33. The van der Waals surface area contributed by atoms with Crippen molar-refractivity contribution in [3.05, 3.63) is 23.3 Å². The summed E-state index contributed by atoms with van der Waals surface area (Å²) in [5, 5.41) is 18.6. The summed E-state index contributed by atoms with van der Waals surface area (Å²) in [5.74, 6) is 0.705.